The van der Waals surface area contributed by atoms with Gasteiger partial charge in [-0.1, -0.05) is 22.9 Å². The Bertz CT molecular complexity index is 714. The molecule has 0 saturated heterocycles. The molecule has 0 spiro atoms. The summed E-state index contributed by atoms with van der Waals surface area (Å²) in [6.45, 7) is 3.18. The third-order valence-corrected chi connectivity index (χ3v) is 4.77. The number of aryl methyl sites for hydroxylation is 1. The standard InChI is InChI=1S/C13H10BrClN2O3S/c1-5-3-7(14)9(4-8(5)15)16-13-17-10(12(19)20)11(21-13)6(2)18/h3-4H,1-2H3,(H,16,17)(H,19,20). The van der Waals surface area contributed by atoms with Crippen molar-refractivity contribution in [2.75, 3.05) is 5.32 Å². The Balaban J connectivity index is 2.41. The van der Waals surface area contributed by atoms with Gasteiger partial charge in [0, 0.05) is 16.4 Å². The molecule has 0 fully saturated rings. The van der Waals surface area contributed by atoms with E-state index in [1.54, 1.807) is 6.07 Å². The minimum Gasteiger partial charge on any atom is -0.476 e. The third-order valence-electron chi connectivity index (χ3n) is 2.64. The lowest BCUT2D eigenvalue weighted by Gasteiger charge is -2.08. The number of benzene rings is 1. The number of hydrogen-bond donors (Lipinski definition) is 2. The maximum absolute atomic E-state index is 11.5. The summed E-state index contributed by atoms with van der Waals surface area (Å²) in [7, 11) is 0. The van der Waals surface area contributed by atoms with Gasteiger partial charge in [0.25, 0.3) is 0 Å². The second kappa shape index (κ2) is 6.13. The summed E-state index contributed by atoms with van der Waals surface area (Å²) in [5.74, 6) is -1.57. The Hall–Kier alpha value is -1.44. The van der Waals surface area contributed by atoms with Crippen LogP contribution in [0, 0.1) is 6.92 Å². The molecule has 8 heteroatoms. The van der Waals surface area contributed by atoms with Crippen LogP contribution < -0.4 is 5.32 Å². The van der Waals surface area contributed by atoms with Crippen LogP contribution in [0.1, 0.15) is 32.6 Å². The largest absolute Gasteiger partial charge is 0.476 e. The minimum atomic E-state index is -1.23. The first kappa shape index (κ1) is 15.9. The van der Waals surface area contributed by atoms with Gasteiger partial charge in [0.2, 0.25) is 0 Å². The van der Waals surface area contributed by atoms with Gasteiger partial charge >= 0.3 is 5.97 Å². The number of carboxylic acids is 1. The van der Waals surface area contributed by atoms with Crippen molar-refractivity contribution in [2.45, 2.75) is 13.8 Å². The maximum atomic E-state index is 11.5. The Morgan fingerprint density at radius 3 is 2.62 bits per heavy atom. The second-order valence-electron chi connectivity index (χ2n) is 4.26. The summed E-state index contributed by atoms with van der Waals surface area (Å²) in [5.41, 5.74) is 1.31. The monoisotopic (exact) mass is 388 g/mol. The van der Waals surface area contributed by atoms with Gasteiger partial charge in [-0.05, 0) is 40.5 Å². The summed E-state index contributed by atoms with van der Waals surface area (Å²) in [4.78, 5) is 26.6. The van der Waals surface area contributed by atoms with Gasteiger partial charge < -0.3 is 10.4 Å². The predicted molar refractivity (Wildman–Crippen MR) is 86.2 cm³/mol. The molecule has 0 aliphatic carbocycles. The van der Waals surface area contributed by atoms with Crippen molar-refractivity contribution in [2.24, 2.45) is 0 Å². The van der Waals surface area contributed by atoms with Gasteiger partial charge in [0.1, 0.15) is 4.88 Å². The number of carboxylic acid groups (broad SMARTS) is 1. The second-order valence-corrected chi connectivity index (χ2v) is 6.52. The average Bonchev–Trinajstić information content (AvgIpc) is 2.80. The van der Waals surface area contributed by atoms with E-state index in [9.17, 15) is 9.59 Å². The summed E-state index contributed by atoms with van der Waals surface area (Å²) < 4.78 is 0.765. The van der Waals surface area contributed by atoms with Gasteiger partial charge in [-0.15, -0.1) is 0 Å². The molecular weight excluding hydrogens is 380 g/mol. The number of nitrogens with zero attached hydrogens (tertiary/aromatic N) is 1. The van der Waals surface area contributed by atoms with Gasteiger partial charge in [0.15, 0.2) is 16.6 Å². The number of hydrogen-bond acceptors (Lipinski definition) is 5. The molecular formula is C13H10BrClN2O3S. The maximum Gasteiger partial charge on any atom is 0.356 e. The molecule has 0 bridgehead atoms. The van der Waals surface area contributed by atoms with Crippen LogP contribution in [0.5, 0.6) is 0 Å². The zero-order chi connectivity index (χ0) is 15.7. The fraction of sp³-hybridized carbons (Fsp3) is 0.154. The van der Waals surface area contributed by atoms with Crippen molar-refractivity contribution in [3.05, 3.63) is 37.8 Å². The van der Waals surface area contributed by atoms with Gasteiger partial charge in [-0.25, -0.2) is 9.78 Å². The Labute approximate surface area is 138 Å². The van der Waals surface area contributed by atoms with E-state index in [1.165, 1.54) is 6.92 Å². The molecule has 0 amide bonds. The van der Waals surface area contributed by atoms with Crippen LogP contribution in [0.2, 0.25) is 5.02 Å². The first-order chi connectivity index (χ1) is 9.79. The number of aromatic nitrogens is 1. The van der Waals surface area contributed by atoms with Crippen LogP contribution in [0.4, 0.5) is 10.8 Å². The van der Waals surface area contributed by atoms with E-state index in [0.717, 1.165) is 21.4 Å². The lowest BCUT2D eigenvalue weighted by molar-refractivity contribution is 0.0687. The molecule has 0 atom stereocenters. The fourth-order valence-corrected chi connectivity index (χ4v) is 3.20. The van der Waals surface area contributed by atoms with E-state index in [4.69, 9.17) is 16.7 Å². The Kier molecular flexibility index (Phi) is 4.65. The molecule has 5 nitrogen and oxygen atoms in total. The number of anilines is 2. The van der Waals surface area contributed by atoms with Crippen molar-refractivity contribution < 1.29 is 14.7 Å². The molecule has 1 aromatic carbocycles. The van der Waals surface area contributed by atoms with Crippen LogP contribution in [0.25, 0.3) is 0 Å². The highest BCUT2D eigenvalue weighted by Crippen LogP contribution is 2.33. The first-order valence-corrected chi connectivity index (χ1v) is 7.76. The number of halogens is 2. The van der Waals surface area contributed by atoms with Crippen LogP contribution >= 0.6 is 38.9 Å². The summed E-state index contributed by atoms with van der Waals surface area (Å²) in [6, 6.07) is 3.54. The minimum absolute atomic E-state index is 0.110. The predicted octanol–water partition coefficient (Wildman–Crippen LogP) is 4.51. The summed E-state index contributed by atoms with van der Waals surface area (Å²) in [6.07, 6.45) is 0. The molecule has 2 N–H and O–H groups in total. The van der Waals surface area contributed by atoms with Gasteiger partial charge in [0.05, 0.1) is 5.69 Å². The first-order valence-electron chi connectivity index (χ1n) is 5.77. The molecule has 0 aliphatic rings. The van der Waals surface area contributed by atoms with E-state index in [1.807, 2.05) is 13.0 Å². The van der Waals surface area contributed by atoms with E-state index in [2.05, 4.69) is 26.2 Å². The molecule has 2 aromatic rings. The molecule has 0 radical (unpaired) electrons. The number of ketones is 1. The van der Waals surface area contributed by atoms with Crippen LogP contribution in [-0.4, -0.2) is 21.8 Å². The molecule has 1 heterocycles. The molecule has 110 valence electrons. The van der Waals surface area contributed by atoms with Gasteiger partial charge in [-0.3, -0.25) is 4.79 Å². The number of aromatic carboxylic acids is 1. The normalized spacial score (nSPS) is 10.5. The van der Waals surface area contributed by atoms with E-state index in [0.29, 0.717) is 15.8 Å². The van der Waals surface area contributed by atoms with Crippen LogP contribution in [-0.2, 0) is 0 Å². The molecule has 0 aliphatic heterocycles. The van der Waals surface area contributed by atoms with Crippen LogP contribution in [0.15, 0.2) is 16.6 Å². The highest BCUT2D eigenvalue weighted by atomic mass is 79.9. The topological polar surface area (TPSA) is 79.3 Å². The summed E-state index contributed by atoms with van der Waals surface area (Å²) in [5, 5.41) is 12.9. The number of thiazole rings is 1. The summed E-state index contributed by atoms with van der Waals surface area (Å²) >= 11 is 10.5. The number of carbonyl (C=O) groups is 2. The molecule has 2 rings (SSSR count). The zero-order valence-corrected chi connectivity index (χ0v) is 14.2. The third kappa shape index (κ3) is 3.42. The van der Waals surface area contributed by atoms with Crippen molar-refractivity contribution in [1.29, 1.82) is 0 Å². The molecule has 0 saturated carbocycles. The number of Topliss-reactive ketones (excluding diaryl/α,β-unsaturated/α-hetero) is 1. The SMILES string of the molecule is CC(=O)c1sc(Nc2cc(Cl)c(C)cc2Br)nc1C(=O)O. The number of nitrogens with one attached hydrogen (secondary N) is 1. The van der Waals surface area contributed by atoms with Gasteiger partial charge in [-0.2, -0.15) is 0 Å². The van der Waals surface area contributed by atoms with E-state index in [-0.39, 0.29) is 16.4 Å². The van der Waals surface area contributed by atoms with Crippen LogP contribution in [0.3, 0.4) is 0 Å². The highest BCUT2D eigenvalue weighted by Gasteiger charge is 2.21. The van der Waals surface area contributed by atoms with Crippen molar-refractivity contribution in [3.8, 4) is 0 Å². The molecule has 0 unspecified atom stereocenters. The quantitative estimate of drug-likeness (QED) is 0.752. The smallest absolute Gasteiger partial charge is 0.356 e. The lowest BCUT2D eigenvalue weighted by Crippen LogP contribution is -2.03. The number of carbonyl (C=O) groups excluding carboxylic acids is 1. The van der Waals surface area contributed by atoms with Crippen molar-refractivity contribution in [3.63, 3.8) is 0 Å². The lowest BCUT2D eigenvalue weighted by atomic mass is 10.2. The van der Waals surface area contributed by atoms with Crippen molar-refractivity contribution in [1.82, 2.24) is 4.98 Å². The fourth-order valence-electron chi connectivity index (χ4n) is 1.61. The average molecular weight is 390 g/mol. The zero-order valence-electron chi connectivity index (χ0n) is 11.0. The molecule has 1 aromatic heterocycles. The van der Waals surface area contributed by atoms with E-state index < -0.39 is 5.97 Å². The highest BCUT2D eigenvalue weighted by molar-refractivity contribution is 9.10. The van der Waals surface area contributed by atoms with Crippen molar-refractivity contribution >= 4 is 61.4 Å². The molecule has 21 heavy (non-hydrogen) atoms. The Morgan fingerprint density at radius 2 is 2.10 bits per heavy atom. The van der Waals surface area contributed by atoms with E-state index >= 15 is 0 Å². The Morgan fingerprint density at radius 1 is 1.43 bits per heavy atom. The number of rotatable bonds is 4.